The van der Waals surface area contributed by atoms with Gasteiger partial charge in [0.1, 0.15) is 5.75 Å². The zero-order chi connectivity index (χ0) is 9.68. The van der Waals surface area contributed by atoms with E-state index in [1.165, 1.54) is 0 Å². The van der Waals surface area contributed by atoms with E-state index >= 15 is 0 Å². The summed E-state index contributed by atoms with van der Waals surface area (Å²) in [5.41, 5.74) is 0.600. The number of carbonyl (C=O) groups is 1. The van der Waals surface area contributed by atoms with Gasteiger partial charge < -0.3 is 10.1 Å². The van der Waals surface area contributed by atoms with Crippen LogP contribution < -0.4 is 10.1 Å². The minimum Gasteiger partial charge on any atom is -0.496 e. The number of hydrogen-bond acceptors (Lipinski definition) is 2. The molecule has 13 heavy (non-hydrogen) atoms. The minimum absolute atomic E-state index is 0.0820. The number of ether oxygens (including phenoxy) is 1. The lowest BCUT2D eigenvalue weighted by Crippen LogP contribution is -2.22. The Morgan fingerprint density at radius 3 is 2.85 bits per heavy atom. The Morgan fingerprint density at radius 2 is 2.38 bits per heavy atom. The summed E-state index contributed by atoms with van der Waals surface area (Å²) in [6.45, 7) is 2.51. The molecule has 1 aromatic rings. The van der Waals surface area contributed by atoms with Gasteiger partial charge >= 0.3 is 0 Å². The fraction of sp³-hybridized carbons (Fsp3) is 0.300. The van der Waals surface area contributed by atoms with Crippen molar-refractivity contribution in [3.8, 4) is 5.75 Å². The third-order valence-electron chi connectivity index (χ3n) is 1.60. The van der Waals surface area contributed by atoms with Crippen molar-refractivity contribution >= 4 is 5.91 Å². The van der Waals surface area contributed by atoms with Crippen LogP contribution in [0, 0.1) is 6.07 Å². The highest BCUT2D eigenvalue weighted by atomic mass is 16.5. The Morgan fingerprint density at radius 1 is 1.62 bits per heavy atom. The van der Waals surface area contributed by atoms with Gasteiger partial charge in [-0.25, -0.2) is 0 Å². The SMILES string of the molecule is CCNC(=O)c1c[c]c(OC)cc1. The smallest absolute Gasteiger partial charge is 0.251 e. The summed E-state index contributed by atoms with van der Waals surface area (Å²) in [6.07, 6.45) is 0. The first kappa shape index (κ1) is 9.58. The first-order valence-electron chi connectivity index (χ1n) is 4.12. The molecule has 0 saturated carbocycles. The highest BCUT2D eigenvalue weighted by molar-refractivity contribution is 5.94. The molecule has 0 spiro atoms. The van der Waals surface area contributed by atoms with Gasteiger partial charge in [0.15, 0.2) is 0 Å². The standard InChI is InChI=1S/C10H12NO2/c1-3-11-10(12)8-4-6-9(13-2)7-5-8/h4-6H,3H2,1-2H3,(H,11,12). The van der Waals surface area contributed by atoms with Gasteiger partial charge in [-0.2, -0.15) is 0 Å². The van der Waals surface area contributed by atoms with Crippen molar-refractivity contribution in [1.29, 1.82) is 0 Å². The zero-order valence-corrected chi connectivity index (χ0v) is 7.76. The van der Waals surface area contributed by atoms with E-state index in [0.717, 1.165) is 0 Å². The second-order valence-corrected chi connectivity index (χ2v) is 2.51. The topological polar surface area (TPSA) is 38.3 Å². The van der Waals surface area contributed by atoms with Crippen LogP contribution in [0.1, 0.15) is 17.3 Å². The number of methoxy groups -OCH3 is 1. The van der Waals surface area contributed by atoms with Gasteiger partial charge in [-0.3, -0.25) is 4.79 Å². The van der Waals surface area contributed by atoms with Crippen LogP contribution in [-0.2, 0) is 0 Å². The van der Waals surface area contributed by atoms with Crippen LogP contribution in [0.3, 0.4) is 0 Å². The van der Waals surface area contributed by atoms with Crippen molar-refractivity contribution in [3.05, 3.63) is 29.8 Å². The molecule has 0 aliphatic heterocycles. The molecule has 1 radical (unpaired) electrons. The van der Waals surface area contributed by atoms with Crippen LogP contribution in [0.2, 0.25) is 0 Å². The molecule has 1 rings (SSSR count). The quantitative estimate of drug-likeness (QED) is 0.756. The molecule has 0 heterocycles. The van der Waals surface area contributed by atoms with Gasteiger partial charge in [0, 0.05) is 18.2 Å². The predicted octanol–water partition coefficient (Wildman–Crippen LogP) is 1.25. The molecule has 3 nitrogen and oxygen atoms in total. The molecule has 3 heteroatoms. The lowest BCUT2D eigenvalue weighted by Gasteiger charge is -2.02. The Labute approximate surface area is 77.7 Å². The Balaban J connectivity index is 2.74. The second-order valence-electron chi connectivity index (χ2n) is 2.51. The van der Waals surface area contributed by atoms with Gasteiger partial charge in [-0.05, 0) is 25.1 Å². The number of carbonyl (C=O) groups excluding carboxylic acids is 1. The fourth-order valence-electron chi connectivity index (χ4n) is 0.941. The summed E-state index contributed by atoms with van der Waals surface area (Å²) in [5, 5.41) is 2.70. The van der Waals surface area contributed by atoms with E-state index < -0.39 is 0 Å². The molecule has 1 amide bonds. The second kappa shape index (κ2) is 4.50. The van der Waals surface area contributed by atoms with Crippen LogP contribution in [0.4, 0.5) is 0 Å². The van der Waals surface area contributed by atoms with E-state index in [-0.39, 0.29) is 5.91 Å². The van der Waals surface area contributed by atoms with E-state index in [4.69, 9.17) is 4.74 Å². The normalized spacial score (nSPS) is 9.38. The summed E-state index contributed by atoms with van der Waals surface area (Å²) in [5.74, 6) is 0.550. The molecule has 1 aromatic carbocycles. The van der Waals surface area contributed by atoms with E-state index in [2.05, 4.69) is 11.4 Å². The first-order chi connectivity index (χ1) is 6.27. The lowest BCUT2D eigenvalue weighted by atomic mass is 10.2. The third-order valence-corrected chi connectivity index (χ3v) is 1.60. The molecule has 0 bridgehead atoms. The summed E-state index contributed by atoms with van der Waals surface area (Å²) >= 11 is 0. The Hall–Kier alpha value is -1.51. The number of rotatable bonds is 3. The molecule has 0 aliphatic rings. The number of amides is 1. The monoisotopic (exact) mass is 178 g/mol. The predicted molar refractivity (Wildman–Crippen MR) is 49.8 cm³/mol. The molecule has 0 aromatic heterocycles. The van der Waals surface area contributed by atoms with E-state index in [1.54, 1.807) is 25.3 Å². The van der Waals surface area contributed by atoms with Crippen molar-refractivity contribution in [3.63, 3.8) is 0 Å². The molecule has 1 N–H and O–H groups in total. The van der Waals surface area contributed by atoms with Gasteiger partial charge in [0.25, 0.3) is 5.91 Å². The molecule has 0 saturated heterocycles. The van der Waals surface area contributed by atoms with Gasteiger partial charge in [-0.1, -0.05) is 0 Å². The van der Waals surface area contributed by atoms with E-state index in [1.807, 2.05) is 6.92 Å². The summed E-state index contributed by atoms with van der Waals surface area (Å²) < 4.78 is 4.92. The molecular weight excluding hydrogens is 166 g/mol. The van der Waals surface area contributed by atoms with E-state index in [0.29, 0.717) is 17.9 Å². The summed E-state index contributed by atoms with van der Waals surface area (Å²) in [6, 6.07) is 7.88. The average Bonchev–Trinajstić information content (AvgIpc) is 2.18. The number of nitrogens with one attached hydrogen (secondary N) is 1. The molecule has 0 unspecified atom stereocenters. The Kier molecular flexibility index (Phi) is 3.31. The van der Waals surface area contributed by atoms with Crippen molar-refractivity contribution in [2.45, 2.75) is 6.92 Å². The van der Waals surface area contributed by atoms with Crippen LogP contribution in [-0.4, -0.2) is 19.6 Å². The highest BCUT2D eigenvalue weighted by Gasteiger charge is 2.02. The Bertz CT molecular complexity index is 279. The van der Waals surface area contributed by atoms with Crippen molar-refractivity contribution in [2.75, 3.05) is 13.7 Å². The molecule has 69 valence electrons. The molecule has 0 fully saturated rings. The number of benzene rings is 1. The van der Waals surface area contributed by atoms with Crippen molar-refractivity contribution in [2.24, 2.45) is 0 Å². The minimum atomic E-state index is -0.0820. The maximum Gasteiger partial charge on any atom is 0.251 e. The highest BCUT2D eigenvalue weighted by Crippen LogP contribution is 2.09. The fourth-order valence-corrected chi connectivity index (χ4v) is 0.941. The van der Waals surface area contributed by atoms with E-state index in [9.17, 15) is 4.79 Å². The van der Waals surface area contributed by atoms with Gasteiger partial charge in [0.05, 0.1) is 7.11 Å². The third kappa shape index (κ3) is 2.47. The average molecular weight is 178 g/mol. The van der Waals surface area contributed by atoms with Crippen molar-refractivity contribution < 1.29 is 9.53 Å². The maximum atomic E-state index is 11.3. The van der Waals surface area contributed by atoms with Gasteiger partial charge in [-0.15, -0.1) is 0 Å². The van der Waals surface area contributed by atoms with Gasteiger partial charge in [0.2, 0.25) is 0 Å². The number of hydrogen-bond donors (Lipinski definition) is 1. The zero-order valence-electron chi connectivity index (χ0n) is 7.76. The summed E-state index contributed by atoms with van der Waals surface area (Å²) in [7, 11) is 1.57. The summed E-state index contributed by atoms with van der Waals surface area (Å²) in [4.78, 5) is 11.3. The lowest BCUT2D eigenvalue weighted by molar-refractivity contribution is 0.0956. The molecular formula is C10H12NO2. The van der Waals surface area contributed by atoms with Crippen LogP contribution in [0.5, 0.6) is 5.75 Å². The van der Waals surface area contributed by atoms with Crippen LogP contribution in [0.25, 0.3) is 0 Å². The first-order valence-corrected chi connectivity index (χ1v) is 4.12. The maximum absolute atomic E-state index is 11.3. The van der Waals surface area contributed by atoms with Crippen LogP contribution in [0.15, 0.2) is 18.2 Å². The molecule has 0 aliphatic carbocycles. The van der Waals surface area contributed by atoms with Crippen molar-refractivity contribution in [1.82, 2.24) is 5.32 Å². The van der Waals surface area contributed by atoms with Crippen LogP contribution >= 0.6 is 0 Å². The molecule has 0 atom stereocenters. The largest absolute Gasteiger partial charge is 0.496 e.